The molecule has 0 saturated heterocycles. The van der Waals surface area contributed by atoms with E-state index in [0.29, 0.717) is 23.0 Å². The van der Waals surface area contributed by atoms with Crippen LogP contribution in [0.4, 0.5) is 0 Å². The topological polar surface area (TPSA) is 89.4 Å². The van der Waals surface area contributed by atoms with Crippen molar-refractivity contribution in [3.05, 3.63) is 48.5 Å². The van der Waals surface area contributed by atoms with Crippen LogP contribution in [0.15, 0.2) is 48.5 Å². The number of hydrogen-bond donors (Lipinski definition) is 3. The summed E-state index contributed by atoms with van der Waals surface area (Å²) in [6.07, 6.45) is -2.47. The van der Waals surface area contributed by atoms with E-state index < -0.39 is 24.4 Å². The normalized spacial score (nSPS) is 22.7. The smallest absolute Gasteiger partial charge is 0.161 e. The molecule has 0 saturated carbocycles. The van der Waals surface area contributed by atoms with Crippen molar-refractivity contribution in [3.8, 4) is 23.0 Å². The predicted molar refractivity (Wildman–Crippen MR) is 97.6 cm³/mol. The number of para-hydroxylation sites is 4. The molecule has 2 aliphatic heterocycles. The fraction of sp³-hybridized carbons (Fsp3) is 0.400. The van der Waals surface area contributed by atoms with Crippen LogP contribution in [0.5, 0.6) is 23.0 Å². The molecular weight excluding hydrogens is 350 g/mol. The second kappa shape index (κ2) is 8.04. The number of aliphatic hydroxyl groups excluding tert-OH is 2. The van der Waals surface area contributed by atoms with Crippen LogP contribution in [0.1, 0.15) is 0 Å². The van der Waals surface area contributed by atoms with Gasteiger partial charge in [0.15, 0.2) is 35.2 Å². The first-order chi connectivity index (χ1) is 13.2. The van der Waals surface area contributed by atoms with Crippen LogP contribution in [-0.4, -0.2) is 60.9 Å². The average molecular weight is 373 g/mol. The lowest BCUT2D eigenvalue weighted by Gasteiger charge is -2.31. The molecule has 2 heterocycles. The molecule has 0 radical (unpaired) electrons. The van der Waals surface area contributed by atoms with E-state index in [1.807, 2.05) is 48.5 Å². The van der Waals surface area contributed by atoms with Crippen LogP contribution in [0.2, 0.25) is 0 Å². The number of hydrogen-bond acceptors (Lipinski definition) is 7. The molecule has 3 N–H and O–H groups in total. The van der Waals surface area contributed by atoms with E-state index in [-0.39, 0.29) is 26.3 Å². The zero-order valence-corrected chi connectivity index (χ0v) is 14.8. The van der Waals surface area contributed by atoms with Crippen LogP contribution in [0.3, 0.4) is 0 Å². The minimum absolute atomic E-state index is 0.261. The van der Waals surface area contributed by atoms with Crippen molar-refractivity contribution < 1.29 is 29.2 Å². The summed E-state index contributed by atoms with van der Waals surface area (Å²) >= 11 is 0. The monoisotopic (exact) mass is 373 g/mol. The van der Waals surface area contributed by atoms with Gasteiger partial charge in [-0.25, -0.2) is 0 Å². The molecule has 0 aromatic heterocycles. The Balaban J connectivity index is 1.23. The Hall–Kier alpha value is -2.48. The summed E-state index contributed by atoms with van der Waals surface area (Å²) in [4.78, 5) is 0. The van der Waals surface area contributed by atoms with Gasteiger partial charge in [0, 0.05) is 13.1 Å². The Morgan fingerprint density at radius 3 is 1.59 bits per heavy atom. The third-order valence-corrected chi connectivity index (χ3v) is 4.63. The molecule has 4 atom stereocenters. The van der Waals surface area contributed by atoms with Gasteiger partial charge in [-0.3, -0.25) is 0 Å². The average Bonchev–Trinajstić information content (AvgIpc) is 2.72. The van der Waals surface area contributed by atoms with Gasteiger partial charge in [-0.1, -0.05) is 24.3 Å². The molecule has 4 rings (SSSR count). The van der Waals surface area contributed by atoms with Crippen LogP contribution < -0.4 is 24.3 Å². The van der Waals surface area contributed by atoms with Crippen molar-refractivity contribution in [1.29, 1.82) is 0 Å². The fourth-order valence-corrected chi connectivity index (χ4v) is 3.09. The summed E-state index contributed by atoms with van der Waals surface area (Å²) in [7, 11) is 0. The van der Waals surface area contributed by atoms with Crippen molar-refractivity contribution in [1.82, 2.24) is 5.32 Å². The van der Waals surface area contributed by atoms with Gasteiger partial charge in [-0.2, -0.15) is 0 Å². The van der Waals surface area contributed by atoms with Crippen LogP contribution >= 0.6 is 0 Å². The SMILES string of the molecule is O[C@H](CNC[C@H](O)[C@H]1COc2ccccc2O1)[C@@H]1COc2ccccc2O1. The minimum Gasteiger partial charge on any atom is -0.486 e. The molecule has 7 heteroatoms. The molecule has 27 heavy (non-hydrogen) atoms. The Morgan fingerprint density at radius 2 is 1.15 bits per heavy atom. The van der Waals surface area contributed by atoms with Gasteiger partial charge in [0.25, 0.3) is 0 Å². The zero-order chi connectivity index (χ0) is 18.6. The first kappa shape index (κ1) is 17.9. The summed E-state index contributed by atoms with van der Waals surface area (Å²) in [5, 5.41) is 23.8. The van der Waals surface area contributed by atoms with Crippen molar-refractivity contribution in [2.24, 2.45) is 0 Å². The van der Waals surface area contributed by atoms with E-state index >= 15 is 0 Å². The fourth-order valence-electron chi connectivity index (χ4n) is 3.09. The second-order valence-electron chi connectivity index (χ2n) is 6.62. The van der Waals surface area contributed by atoms with E-state index in [4.69, 9.17) is 18.9 Å². The largest absolute Gasteiger partial charge is 0.486 e. The highest BCUT2D eigenvalue weighted by atomic mass is 16.6. The number of fused-ring (bicyclic) bond motifs is 2. The first-order valence-corrected chi connectivity index (χ1v) is 9.04. The van der Waals surface area contributed by atoms with E-state index in [0.717, 1.165) is 0 Å². The van der Waals surface area contributed by atoms with Crippen molar-refractivity contribution in [2.75, 3.05) is 26.3 Å². The summed E-state index contributed by atoms with van der Waals surface area (Å²) in [6.45, 7) is 1.08. The highest BCUT2D eigenvalue weighted by molar-refractivity contribution is 5.41. The number of ether oxygens (including phenoxy) is 4. The summed E-state index contributed by atoms with van der Waals surface area (Å²) in [5.74, 6) is 2.61. The molecule has 2 aromatic carbocycles. The molecule has 0 spiro atoms. The predicted octanol–water partition coefficient (Wildman–Crippen LogP) is 0.978. The molecule has 0 fully saturated rings. The first-order valence-electron chi connectivity index (χ1n) is 9.04. The van der Waals surface area contributed by atoms with E-state index in [1.165, 1.54) is 0 Å². The Bertz CT molecular complexity index is 706. The van der Waals surface area contributed by atoms with E-state index in [9.17, 15) is 10.2 Å². The summed E-state index contributed by atoms with van der Waals surface area (Å²) in [6, 6.07) is 14.7. The molecule has 0 amide bonds. The zero-order valence-electron chi connectivity index (χ0n) is 14.8. The molecule has 7 nitrogen and oxygen atoms in total. The van der Waals surface area contributed by atoms with Crippen molar-refractivity contribution in [3.63, 3.8) is 0 Å². The molecular formula is C20H23NO6. The maximum atomic E-state index is 10.3. The van der Waals surface area contributed by atoms with Crippen molar-refractivity contribution in [2.45, 2.75) is 24.4 Å². The summed E-state index contributed by atoms with van der Waals surface area (Å²) in [5.41, 5.74) is 0. The highest BCUT2D eigenvalue weighted by Gasteiger charge is 2.29. The van der Waals surface area contributed by atoms with Crippen LogP contribution in [0, 0.1) is 0 Å². The van der Waals surface area contributed by atoms with E-state index in [1.54, 1.807) is 0 Å². The third-order valence-electron chi connectivity index (χ3n) is 4.63. The molecule has 0 aliphatic carbocycles. The van der Waals surface area contributed by atoms with Crippen molar-refractivity contribution >= 4 is 0 Å². The van der Waals surface area contributed by atoms with Crippen LogP contribution in [0.25, 0.3) is 0 Å². The Morgan fingerprint density at radius 1 is 0.741 bits per heavy atom. The third kappa shape index (κ3) is 4.10. The Kier molecular flexibility index (Phi) is 5.33. The standard InChI is InChI=1S/C20H23NO6/c22-13(19-11-24-15-5-1-3-7-17(15)26-19)9-21-10-14(23)20-12-25-16-6-2-4-8-18(16)27-20/h1-8,13-14,19-23H,9-12H2/t13-,14+,19+,20-. The van der Waals surface area contributed by atoms with Gasteiger partial charge < -0.3 is 34.5 Å². The lowest BCUT2D eigenvalue weighted by molar-refractivity contribution is -0.0212. The van der Waals surface area contributed by atoms with Gasteiger partial charge in [0.2, 0.25) is 0 Å². The number of benzene rings is 2. The summed E-state index contributed by atoms with van der Waals surface area (Å²) < 4.78 is 22.8. The molecule has 2 aromatic rings. The van der Waals surface area contributed by atoms with Gasteiger partial charge in [-0.05, 0) is 24.3 Å². The second-order valence-corrected chi connectivity index (χ2v) is 6.62. The van der Waals surface area contributed by atoms with Gasteiger partial charge >= 0.3 is 0 Å². The maximum Gasteiger partial charge on any atom is 0.161 e. The maximum absolute atomic E-state index is 10.3. The number of nitrogens with one attached hydrogen (secondary N) is 1. The molecule has 0 bridgehead atoms. The number of aliphatic hydroxyl groups is 2. The molecule has 2 aliphatic rings. The van der Waals surface area contributed by atoms with Gasteiger partial charge in [0.1, 0.15) is 25.4 Å². The highest BCUT2D eigenvalue weighted by Crippen LogP contribution is 2.32. The van der Waals surface area contributed by atoms with Gasteiger partial charge in [0.05, 0.1) is 0 Å². The van der Waals surface area contributed by atoms with Gasteiger partial charge in [-0.15, -0.1) is 0 Å². The lowest BCUT2D eigenvalue weighted by Crippen LogP contribution is -2.49. The lowest BCUT2D eigenvalue weighted by atomic mass is 10.1. The molecule has 144 valence electrons. The Labute approximate surface area is 157 Å². The van der Waals surface area contributed by atoms with E-state index in [2.05, 4.69) is 5.32 Å². The minimum atomic E-state index is -0.769. The van der Waals surface area contributed by atoms with Crippen LogP contribution in [-0.2, 0) is 0 Å². The number of rotatable bonds is 6. The molecule has 0 unspecified atom stereocenters. The quantitative estimate of drug-likeness (QED) is 0.695.